The molecule has 0 bridgehead atoms. The summed E-state index contributed by atoms with van der Waals surface area (Å²) in [4.78, 5) is 11.0. The van der Waals surface area contributed by atoms with Gasteiger partial charge in [-0.15, -0.1) is 0 Å². The van der Waals surface area contributed by atoms with Crippen molar-refractivity contribution in [1.29, 1.82) is 0 Å². The van der Waals surface area contributed by atoms with Gasteiger partial charge in [-0.2, -0.15) is 0 Å². The molecule has 2 rings (SSSR count). The Bertz CT molecular complexity index is 355. The highest BCUT2D eigenvalue weighted by Crippen LogP contribution is 2.20. The van der Waals surface area contributed by atoms with Gasteiger partial charge in [0.2, 0.25) is 5.95 Å². The highest BCUT2D eigenvalue weighted by molar-refractivity contribution is 5.32. The summed E-state index contributed by atoms with van der Waals surface area (Å²) in [7, 11) is 1.91. The van der Waals surface area contributed by atoms with E-state index in [2.05, 4.69) is 20.2 Å². The standard InChI is InChI=1S/C13H22N4O/c1-14-7-11-8-15-13(16-9-11)17-6-4-2-3-5-12(17)10-18/h8-9,12,14,18H,2-7,10H2,1H3. The lowest BCUT2D eigenvalue weighted by atomic mass is 10.1. The Kier molecular flexibility index (Phi) is 4.90. The number of hydrogen-bond donors (Lipinski definition) is 2. The summed E-state index contributed by atoms with van der Waals surface area (Å²) >= 11 is 0. The van der Waals surface area contributed by atoms with Crippen LogP contribution in [0.3, 0.4) is 0 Å². The molecule has 100 valence electrons. The fourth-order valence-electron chi connectivity index (χ4n) is 2.42. The fourth-order valence-corrected chi connectivity index (χ4v) is 2.42. The Morgan fingerprint density at radius 3 is 2.78 bits per heavy atom. The molecule has 1 aromatic rings. The first-order valence-electron chi connectivity index (χ1n) is 6.68. The van der Waals surface area contributed by atoms with Crippen LogP contribution in [0.15, 0.2) is 12.4 Å². The maximum absolute atomic E-state index is 9.48. The average Bonchev–Trinajstić information content (AvgIpc) is 2.65. The Balaban J connectivity index is 2.11. The number of rotatable bonds is 4. The molecule has 1 saturated heterocycles. The Morgan fingerprint density at radius 2 is 2.11 bits per heavy atom. The first-order chi connectivity index (χ1) is 8.85. The molecule has 1 atom stereocenters. The Hall–Kier alpha value is -1.20. The fraction of sp³-hybridized carbons (Fsp3) is 0.692. The SMILES string of the molecule is CNCc1cnc(N2CCCCCC2CO)nc1. The van der Waals surface area contributed by atoms with Crippen LogP contribution in [0.2, 0.25) is 0 Å². The van der Waals surface area contributed by atoms with Crippen LogP contribution < -0.4 is 10.2 Å². The second-order valence-corrected chi connectivity index (χ2v) is 4.80. The number of nitrogens with zero attached hydrogens (tertiary/aromatic N) is 3. The predicted molar refractivity (Wildman–Crippen MR) is 71.5 cm³/mol. The summed E-state index contributed by atoms with van der Waals surface area (Å²) in [5, 5.41) is 12.6. The molecule has 0 saturated carbocycles. The molecule has 1 unspecified atom stereocenters. The molecular formula is C13H22N4O. The van der Waals surface area contributed by atoms with Gasteiger partial charge >= 0.3 is 0 Å². The van der Waals surface area contributed by atoms with Crippen molar-refractivity contribution in [2.75, 3.05) is 25.1 Å². The minimum atomic E-state index is 0.169. The van der Waals surface area contributed by atoms with Crippen molar-refractivity contribution < 1.29 is 5.11 Å². The topological polar surface area (TPSA) is 61.3 Å². The molecule has 1 aromatic heterocycles. The number of aliphatic hydroxyl groups excluding tert-OH is 1. The summed E-state index contributed by atoms with van der Waals surface area (Å²) < 4.78 is 0. The molecule has 5 heteroatoms. The van der Waals surface area contributed by atoms with Crippen molar-refractivity contribution in [1.82, 2.24) is 15.3 Å². The van der Waals surface area contributed by atoms with E-state index in [1.807, 2.05) is 19.4 Å². The maximum atomic E-state index is 9.48. The van der Waals surface area contributed by atoms with Gasteiger partial charge in [0, 0.05) is 31.0 Å². The average molecular weight is 250 g/mol. The largest absolute Gasteiger partial charge is 0.394 e. The van der Waals surface area contributed by atoms with Gasteiger partial charge in [-0.3, -0.25) is 0 Å². The summed E-state index contributed by atoms with van der Waals surface area (Å²) in [6.45, 7) is 1.90. The smallest absolute Gasteiger partial charge is 0.225 e. The zero-order chi connectivity index (χ0) is 12.8. The van der Waals surface area contributed by atoms with E-state index in [0.717, 1.165) is 37.4 Å². The van der Waals surface area contributed by atoms with Crippen LogP contribution in [0, 0.1) is 0 Å². The van der Waals surface area contributed by atoms with Crippen LogP contribution in [0.5, 0.6) is 0 Å². The van der Waals surface area contributed by atoms with Crippen molar-refractivity contribution in [2.45, 2.75) is 38.3 Å². The van der Waals surface area contributed by atoms with E-state index < -0.39 is 0 Å². The van der Waals surface area contributed by atoms with Gasteiger partial charge in [0.1, 0.15) is 0 Å². The molecule has 0 aliphatic carbocycles. The maximum Gasteiger partial charge on any atom is 0.225 e. The van der Waals surface area contributed by atoms with E-state index in [1.165, 1.54) is 12.8 Å². The second kappa shape index (κ2) is 6.66. The van der Waals surface area contributed by atoms with Crippen LogP contribution in [0.4, 0.5) is 5.95 Å². The van der Waals surface area contributed by atoms with Gasteiger partial charge in [-0.25, -0.2) is 9.97 Å². The van der Waals surface area contributed by atoms with Crippen LogP contribution in [0.1, 0.15) is 31.2 Å². The Morgan fingerprint density at radius 1 is 1.33 bits per heavy atom. The molecule has 2 N–H and O–H groups in total. The molecule has 1 fully saturated rings. The molecule has 0 amide bonds. The normalized spacial score (nSPS) is 20.8. The van der Waals surface area contributed by atoms with Gasteiger partial charge in [0.15, 0.2) is 0 Å². The lowest BCUT2D eigenvalue weighted by molar-refractivity contribution is 0.254. The van der Waals surface area contributed by atoms with Crippen LogP contribution in [0.25, 0.3) is 0 Å². The van der Waals surface area contributed by atoms with Crippen molar-refractivity contribution in [3.05, 3.63) is 18.0 Å². The molecule has 1 aliphatic heterocycles. The van der Waals surface area contributed by atoms with E-state index in [9.17, 15) is 5.11 Å². The first-order valence-corrected chi connectivity index (χ1v) is 6.68. The lowest BCUT2D eigenvalue weighted by Crippen LogP contribution is -2.38. The van der Waals surface area contributed by atoms with Crippen molar-refractivity contribution in [3.63, 3.8) is 0 Å². The minimum absolute atomic E-state index is 0.169. The summed E-state index contributed by atoms with van der Waals surface area (Å²) in [5.41, 5.74) is 1.08. The third kappa shape index (κ3) is 3.17. The second-order valence-electron chi connectivity index (χ2n) is 4.80. The summed E-state index contributed by atoms with van der Waals surface area (Å²) in [5.74, 6) is 0.746. The molecule has 0 aromatic carbocycles. The van der Waals surface area contributed by atoms with Gasteiger partial charge in [0.05, 0.1) is 12.6 Å². The van der Waals surface area contributed by atoms with Gasteiger partial charge in [-0.05, 0) is 19.9 Å². The van der Waals surface area contributed by atoms with E-state index in [0.29, 0.717) is 0 Å². The monoisotopic (exact) mass is 250 g/mol. The highest BCUT2D eigenvalue weighted by Gasteiger charge is 2.22. The Labute approximate surface area is 108 Å². The third-order valence-electron chi connectivity index (χ3n) is 3.42. The molecular weight excluding hydrogens is 228 g/mol. The van der Waals surface area contributed by atoms with Crippen molar-refractivity contribution in [2.24, 2.45) is 0 Å². The van der Waals surface area contributed by atoms with E-state index in [1.54, 1.807) is 0 Å². The highest BCUT2D eigenvalue weighted by atomic mass is 16.3. The molecule has 0 radical (unpaired) electrons. The molecule has 1 aliphatic rings. The molecule has 18 heavy (non-hydrogen) atoms. The molecule has 2 heterocycles. The van der Waals surface area contributed by atoms with E-state index in [4.69, 9.17) is 0 Å². The van der Waals surface area contributed by atoms with Crippen LogP contribution >= 0.6 is 0 Å². The van der Waals surface area contributed by atoms with Crippen LogP contribution in [-0.4, -0.2) is 41.3 Å². The minimum Gasteiger partial charge on any atom is -0.394 e. The van der Waals surface area contributed by atoms with E-state index >= 15 is 0 Å². The predicted octanol–water partition coefficient (Wildman–Crippen LogP) is 0.937. The van der Waals surface area contributed by atoms with Gasteiger partial charge in [0.25, 0.3) is 0 Å². The van der Waals surface area contributed by atoms with Gasteiger partial charge in [-0.1, -0.05) is 12.8 Å². The zero-order valence-electron chi connectivity index (χ0n) is 11.0. The van der Waals surface area contributed by atoms with Gasteiger partial charge < -0.3 is 15.3 Å². The third-order valence-corrected chi connectivity index (χ3v) is 3.42. The van der Waals surface area contributed by atoms with Crippen molar-refractivity contribution >= 4 is 5.95 Å². The number of hydrogen-bond acceptors (Lipinski definition) is 5. The lowest BCUT2D eigenvalue weighted by Gasteiger charge is -2.28. The van der Waals surface area contributed by atoms with E-state index in [-0.39, 0.29) is 12.6 Å². The number of nitrogens with one attached hydrogen (secondary N) is 1. The quantitative estimate of drug-likeness (QED) is 0.832. The number of aromatic nitrogens is 2. The number of aliphatic hydroxyl groups is 1. The number of anilines is 1. The molecule has 0 spiro atoms. The zero-order valence-corrected chi connectivity index (χ0v) is 11.0. The first kappa shape index (κ1) is 13.2. The summed E-state index contributed by atoms with van der Waals surface area (Å²) in [6.07, 6.45) is 8.30. The summed E-state index contributed by atoms with van der Waals surface area (Å²) in [6, 6.07) is 0.169. The van der Waals surface area contributed by atoms with Crippen molar-refractivity contribution in [3.8, 4) is 0 Å². The van der Waals surface area contributed by atoms with Crippen LogP contribution in [-0.2, 0) is 6.54 Å². The molecule has 5 nitrogen and oxygen atoms in total.